The zero-order valence-electron chi connectivity index (χ0n) is 7.16. The van der Waals surface area contributed by atoms with E-state index >= 15 is 0 Å². The maximum Gasteiger partial charge on any atom is 0.292 e. The molecule has 0 fully saturated rings. The van der Waals surface area contributed by atoms with Crippen molar-refractivity contribution in [1.82, 2.24) is 4.57 Å². The van der Waals surface area contributed by atoms with Crippen LogP contribution in [0.1, 0.15) is 0 Å². The molecule has 0 atom stereocenters. The van der Waals surface area contributed by atoms with E-state index in [1.165, 1.54) is 11.7 Å². The van der Waals surface area contributed by atoms with E-state index in [-0.39, 0.29) is 24.5 Å². The molecule has 0 aliphatic heterocycles. The average molecular weight is 248 g/mol. The molecule has 0 saturated carbocycles. The van der Waals surface area contributed by atoms with Gasteiger partial charge in [0.25, 0.3) is 5.56 Å². The van der Waals surface area contributed by atoms with Crippen LogP contribution in [0.5, 0.6) is 5.75 Å². The summed E-state index contributed by atoms with van der Waals surface area (Å²) in [4.78, 5) is 11.4. The summed E-state index contributed by atoms with van der Waals surface area (Å²) in [5.74, 6) is 0.267. The number of pyridine rings is 1. The Hall–Kier alpha value is -0.810. The molecule has 0 aliphatic carbocycles. The Morgan fingerprint density at radius 2 is 2.38 bits per heavy atom. The molecule has 1 aromatic heterocycles. The van der Waals surface area contributed by atoms with E-state index < -0.39 is 0 Å². The molecule has 72 valence electrons. The molecule has 13 heavy (non-hydrogen) atoms. The first-order valence-electron chi connectivity index (χ1n) is 3.74. The molecule has 0 aromatic carbocycles. The summed E-state index contributed by atoms with van der Waals surface area (Å²) in [6.45, 7) is 0.203. The molecule has 0 amide bonds. The normalized spacial score (nSPS) is 10.1. The van der Waals surface area contributed by atoms with Gasteiger partial charge in [0.2, 0.25) is 0 Å². The first-order chi connectivity index (χ1) is 6.19. The molecule has 0 aliphatic rings. The predicted molar refractivity (Wildman–Crippen MR) is 52.0 cm³/mol. The Bertz CT molecular complexity index is 348. The van der Waals surface area contributed by atoms with Crippen molar-refractivity contribution in [2.24, 2.45) is 0 Å². The molecule has 5 heteroatoms. The standard InChI is InChI=1S/C8H10BrNO3/c1-13-7-4-6(9)5-10(2-3-11)8(7)12/h4-5,11H,2-3H2,1H3. The molecular weight excluding hydrogens is 238 g/mol. The van der Waals surface area contributed by atoms with E-state index in [4.69, 9.17) is 9.84 Å². The fourth-order valence-corrected chi connectivity index (χ4v) is 1.45. The highest BCUT2D eigenvalue weighted by Crippen LogP contribution is 2.12. The highest BCUT2D eigenvalue weighted by atomic mass is 79.9. The number of aliphatic hydroxyl groups excluding tert-OH is 1. The highest BCUT2D eigenvalue weighted by Gasteiger charge is 2.04. The Labute approximate surface area is 83.9 Å². The van der Waals surface area contributed by atoms with E-state index in [0.717, 1.165) is 4.47 Å². The second kappa shape index (κ2) is 4.43. The van der Waals surface area contributed by atoms with Gasteiger partial charge in [0.15, 0.2) is 5.75 Å². The van der Waals surface area contributed by atoms with E-state index in [2.05, 4.69) is 15.9 Å². The summed E-state index contributed by atoms with van der Waals surface area (Å²) < 4.78 is 7.01. The number of rotatable bonds is 3. The van der Waals surface area contributed by atoms with Crippen molar-refractivity contribution in [3.63, 3.8) is 0 Å². The quantitative estimate of drug-likeness (QED) is 0.852. The lowest BCUT2D eigenvalue weighted by atomic mass is 10.4. The maximum atomic E-state index is 11.4. The lowest BCUT2D eigenvalue weighted by molar-refractivity contribution is 0.272. The SMILES string of the molecule is COc1cc(Br)cn(CCO)c1=O. The van der Waals surface area contributed by atoms with Crippen LogP contribution in [0.2, 0.25) is 0 Å². The molecule has 0 unspecified atom stereocenters. The van der Waals surface area contributed by atoms with Crippen LogP contribution in [0.25, 0.3) is 0 Å². The van der Waals surface area contributed by atoms with Crippen LogP contribution in [-0.4, -0.2) is 23.4 Å². The van der Waals surface area contributed by atoms with Crippen LogP contribution in [0.4, 0.5) is 0 Å². The van der Waals surface area contributed by atoms with E-state index in [1.807, 2.05) is 0 Å². The van der Waals surface area contributed by atoms with E-state index in [9.17, 15) is 4.79 Å². The molecule has 1 heterocycles. The van der Waals surface area contributed by atoms with Gasteiger partial charge in [0, 0.05) is 23.3 Å². The molecule has 0 bridgehead atoms. The van der Waals surface area contributed by atoms with Gasteiger partial charge < -0.3 is 14.4 Å². The number of ether oxygens (including phenoxy) is 1. The average Bonchev–Trinajstić information content (AvgIpc) is 2.11. The Balaban J connectivity index is 3.19. The third kappa shape index (κ3) is 2.32. The van der Waals surface area contributed by atoms with Crippen molar-refractivity contribution in [2.45, 2.75) is 6.54 Å². The Kier molecular flexibility index (Phi) is 3.50. The van der Waals surface area contributed by atoms with E-state index in [1.54, 1.807) is 12.3 Å². The van der Waals surface area contributed by atoms with Gasteiger partial charge in [0.1, 0.15) is 0 Å². The van der Waals surface area contributed by atoms with Crippen molar-refractivity contribution in [2.75, 3.05) is 13.7 Å². The number of methoxy groups -OCH3 is 1. The van der Waals surface area contributed by atoms with Crippen molar-refractivity contribution in [3.05, 3.63) is 27.1 Å². The molecule has 4 nitrogen and oxygen atoms in total. The van der Waals surface area contributed by atoms with Crippen LogP contribution in [0.3, 0.4) is 0 Å². The van der Waals surface area contributed by atoms with Gasteiger partial charge in [-0.2, -0.15) is 0 Å². The third-order valence-corrected chi connectivity index (χ3v) is 2.01. The molecular formula is C8H10BrNO3. The van der Waals surface area contributed by atoms with Crippen molar-refractivity contribution in [1.29, 1.82) is 0 Å². The highest BCUT2D eigenvalue weighted by molar-refractivity contribution is 9.10. The second-order valence-electron chi connectivity index (χ2n) is 2.45. The second-order valence-corrected chi connectivity index (χ2v) is 3.36. The minimum Gasteiger partial charge on any atom is -0.491 e. The lowest BCUT2D eigenvalue weighted by Gasteiger charge is -2.06. The first-order valence-corrected chi connectivity index (χ1v) is 4.53. The Morgan fingerprint density at radius 1 is 1.69 bits per heavy atom. The molecule has 1 N–H and O–H groups in total. The summed E-state index contributed by atoms with van der Waals surface area (Å²) in [5, 5.41) is 8.68. The fourth-order valence-electron chi connectivity index (χ4n) is 0.993. The molecule has 0 saturated heterocycles. The van der Waals surface area contributed by atoms with Crippen LogP contribution >= 0.6 is 15.9 Å². The first kappa shape index (κ1) is 10.3. The number of nitrogens with zero attached hydrogens (tertiary/aromatic N) is 1. The van der Waals surface area contributed by atoms with Gasteiger partial charge in [-0.25, -0.2) is 0 Å². The summed E-state index contributed by atoms with van der Waals surface area (Å²) >= 11 is 3.24. The molecule has 1 aromatic rings. The summed E-state index contributed by atoms with van der Waals surface area (Å²) in [6, 6.07) is 1.59. The molecule has 1 rings (SSSR count). The molecule has 0 spiro atoms. The van der Waals surface area contributed by atoms with Gasteiger partial charge in [-0.15, -0.1) is 0 Å². The Morgan fingerprint density at radius 3 is 2.92 bits per heavy atom. The van der Waals surface area contributed by atoms with Gasteiger partial charge in [-0.3, -0.25) is 4.79 Å². The summed E-state index contributed by atoms with van der Waals surface area (Å²) in [5.41, 5.74) is -0.236. The summed E-state index contributed by atoms with van der Waals surface area (Å²) in [6.07, 6.45) is 1.61. The largest absolute Gasteiger partial charge is 0.491 e. The van der Waals surface area contributed by atoms with Gasteiger partial charge in [0.05, 0.1) is 13.7 Å². The number of hydrogen-bond donors (Lipinski definition) is 1. The predicted octanol–water partition coefficient (Wildman–Crippen LogP) is 0.612. The topological polar surface area (TPSA) is 51.5 Å². The van der Waals surface area contributed by atoms with Crippen molar-refractivity contribution >= 4 is 15.9 Å². The monoisotopic (exact) mass is 247 g/mol. The zero-order valence-corrected chi connectivity index (χ0v) is 8.74. The van der Waals surface area contributed by atoms with E-state index in [0.29, 0.717) is 0 Å². The molecule has 0 radical (unpaired) electrons. The number of aliphatic hydroxyl groups is 1. The minimum absolute atomic E-state index is 0.0699. The van der Waals surface area contributed by atoms with Crippen LogP contribution in [0.15, 0.2) is 21.5 Å². The number of hydrogen-bond acceptors (Lipinski definition) is 3. The smallest absolute Gasteiger partial charge is 0.292 e. The fraction of sp³-hybridized carbons (Fsp3) is 0.375. The minimum atomic E-state index is -0.236. The van der Waals surface area contributed by atoms with Crippen LogP contribution < -0.4 is 10.3 Å². The number of aromatic nitrogens is 1. The van der Waals surface area contributed by atoms with Gasteiger partial charge in [-0.05, 0) is 15.9 Å². The number of halogens is 1. The van der Waals surface area contributed by atoms with Gasteiger partial charge in [-0.1, -0.05) is 0 Å². The zero-order chi connectivity index (χ0) is 9.84. The summed E-state index contributed by atoms with van der Waals surface area (Å²) in [7, 11) is 1.44. The van der Waals surface area contributed by atoms with Crippen molar-refractivity contribution in [3.8, 4) is 5.75 Å². The maximum absolute atomic E-state index is 11.4. The lowest BCUT2D eigenvalue weighted by Crippen LogP contribution is -2.22. The van der Waals surface area contributed by atoms with Crippen LogP contribution in [0, 0.1) is 0 Å². The van der Waals surface area contributed by atoms with Crippen LogP contribution in [-0.2, 0) is 6.54 Å². The van der Waals surface area contributed by atoms with Crippen molar-refractivity contribution < 1.29 is 9.84 Å². The van der Waals surface area contributed by atoms with Gasteiger partial charge >= 0.3 is 0 Å². The third-order valence-electron chi connectivity index (χ3n) is 1.58.